The first-order valence-corrected chi connectivity index (χ1v) is 10.1. The summed E-state index contributed by atoms with van der Waals surface area (Å²) in [6.45, 7) is -6.19. The molecule has 0 saturated heterocycles. The van der Waals surface area contributed by atoms with Crippen LogP contribution in [0.3, 0.4) is 0 Å². The van der Waals surface area contributed by atoms with Crippen LogP contribution < -0.4 is 10.5 Å². The monoisotopic (exact) mass is 461 g/mol. The number of hydrogen-bond donors (Lipinski definition) is 2. The van der Waals surface area contributed by atoms with Gasteiger partial charge in [0.2, 0.25) is 0 Å². The molecule has 2 heterocycles. The minimum absolute atomic E-state index is 0.00569. The number of benzene rings is 3. The van der Waals surface area contributed by atoms with E-state index in [4.69, 9.17) is 11.6 Å². The lowest BCUT2D eigenvalue weighted by Gasteiger charge is -2.12. The van der Waals surface area contributed by atoms with Gasteiger partial charge in [-0.1, -0.05) is 59.8 Å². The molecule has 0 aliphatic carbocycles. The van der Waals surface area contributed by atoms with Crippen LogP contribution in [0.25, 0.3) is 33.5 Å². The number of nitrogens with one attached hydrogen (secondary N) is 1. The summed E-state index contributed by atoms with van der Waals surface area (Å²) < 4.78 is 49.4. The van der Waals surface area contributed by atoms with Crippen LogP contribution in [-0.2, 0) is 6.54 Å². The molecule has 170 valence electrons. The molecule has 9 nitrogen and oxygen atoms in total. The number of carbonyl (C=O) groups is 1. The van der Waals surface area contributed by atoms with Gasteiger partial charge >= 0.3 is 11.7 Å². The lowest BCUT2D eigenvalue weighted by atomic mass is 9.98. The van der Waals surface area contributed by atoms with Gasteiger partial charge in [-0.3, -0.25) is 14.1 Å². The Morgan fingerprint density at radius 2 is 1.94 bits per heavy atom. The van der Waals surface area contributed by atoms with Crippen molar-refractivity contribution < 1.29 is 26.0 Å². The fourth-order valence-corrected chi connectivity index (χ4v) is 3.87. The quantitative estimate of drug-likeness (QED) is 0.372. The Balaban J connectivity index is 1.55. The predicted octanol–water partition coefficient (Wildman–Crippen LogP) is 4.19. The third kappa shape index (κ3) is 3.83. The van der Waals surface area contributed by atoms with E-state index < -0.39 is 25.1 Å². The molecule has 2 N–H and O–H groups in total. The number of nitrogens with zero attached hydrogens (tertiary/aromatic N) is 3. The van der Waals surface area contributed by atoms with Crippen LogP contribution in [-0.4, -0.2) is 37.3 Å². The van der Waals surface area contributed by atoms with E-state index >= 15 is 0 Å². The van der Waals surface area contributed by atoms with Crippen LogP contribution in [0.1, 0.15) is 29.6 Å². The van der Waals surface area contributed by atoms with Crippen molar-refractivity contribution >= 4 is 17.0 Å². The second-order valence-corrected chi connectivity index (χ2v) is 7.35. The Bertz CT molecular complexity index is 1740. The molecule has 0 radical (unpaired) electrons. The third-order valence-electron chi connectivity index (χ3n) is 5.33. The molecule has 0 unspecified atom stereocenters. The zero-order valence-corrected chi connectivity index (χ0v) is 17.5. The van der Waals surface area contributed by atoms with Gasteiger partial charge in [0.1, 0.15) is 0 Å². The maximum absolute atomic E-state index is 11.9. The van der Waals surface area contributed by atoms with Crippen LogP contribution in [0, 0.1) is 0 Å². The number of fused-ring (bicyclic) bond motifs is 1. The van der Waals surface area contributed by atoms with Crippen molar-refractivity contribution in [3.8, 4) is 28.5 Å². The molecule has 9 heteroatoms. The Morgan fingerprint density at radius 1 is 1.15 bits per heavy atom. The van der Waals surface area contributed by atoms with Gasteiger partial charge in [0.15, 0.2) is 5.82 Å². The molecule has 0 atom stereocenters. The zero-order valence-electron chi connectivity index (χ0n) is 22.5. The SMILES string of the molecule is [2H]C([2H])([2H])C([2H])([2H])Oc1nc2cccc(C(=O)O)c2n1Cc1ccc(-c2ccccc2-c2noc(=O)[nH]2)cc1. The van der Waals surface area contributed by atoms with E-state index in [1.807, 2.05) is 24.3 Å². The Labute approximate surface area is 200 Å². The molecule has 2 aromatic heterocycles. The van der Waals surface area contributed by atoms with Crippen molar-refractivity contribution in [2.75, 3.05) is 6.56 Å². The molecule has 0 saturated carbocycles. The highest BCUT2D eigenvalue weighted by Crippen LogP contribution is 2.31. The Hall–Kier alpha value is -4.66. The highest BCUT2D eigenvalue weighted by Gasteiger charge is 2.19. The lowest BCUT2D eigenvalue weighted by Crippen LogP contribution is -2.08. The van der Waals surface area contributed by atoms with E-state index in [9.17, 15) is 14.7 Å². The molecule has 0 amide bonds. The molecule has 0 bridgehead atoms. The van der Waals surface area contributed by atoms with E-state index in [-0.39, 0.29) is 35.0 Å². The number of aromatic nitrogens is 4. The first kappa shape index (κ1) is 16.0. The van der Waals surface area contributed by atoms with Crippen molar-refractivity contribution in [1.82, 2.24) is 19.7 Å². The number of para-hydroxylation sites is 1. The topological polar surface area (TPSA) is 123 Å². The molecule has 5 aromatic rings. The smallest absolute Gasteiger partial charge is 0.439 e. The van der Waals surface area contributed by atoms with Gasteiger partial charge in [-0.15, -0.1) is 0 Å². The van der Waals surface area contributed by atoms with Gasteiger partial charge in [0.25, 0.3) is 6.01 Å². The van der Waals surface area contributed by atoms with Crippen molar-refractivity contribution in [2.45, 2.75) is 13.4 Å². The van der Waals surface area contributed by atoms with E-state index in [0.29, 0.717) is 11.1 Å². The van der Waals surface area contributed by atoms with E-state index in [1.165, 1.54) is 22.8 Å². The first-order valence-electron chi connectivity index (χ1n) is 12.6. The molecule has 0 aliphatic heterocycles. The summed E-state index contributed by atoms with van der Waals surface area (Å²) in [5.41, 5.74) is 3.13. The highest BCUT2D eigenvalue weighted by atomic mass is 16.5. The number of aromatic amines is 1. The fraction of sp³-hybridized carbons (Fsp3) is 0.120. The zero-order chi connectivity index (χ0) is 27.9. The second-order valence-electron chi connectivity index (χ2n) is 7.35. The largest absolute Gasteiger partial charge is 0.478 e. The number of hydrogen-bond acceptors (Lipinski definition) is 6. The average Bonchev–Trinajstić information content (AvgIpc) is 3.46. The molecule has 0 fully saturated rings. The molecular formula is C25H20N4O5. The van der Waals surface area contributed by atoms with Crippen LogP contribution >= 0.6 is 0 Å². The maximum Gasteiger partial charge on any atom is 0.439 e. The lowest BCUT2D eigenvalue weighted by molar-refractivity contribution is 0.0698. The number of ether oxygens (including phenoxy) is 1. The summed E-state index contributed by atoms with van der Waals surface area (Å²) in [6.07, 6.45) is 0. The van der Waals surface area contributed by atoms with E-state index in [2.05, 4.69) is 19.6 Å². The van der Waals surface area contributed by atoms with Crippen LogP contribution in [0.5, 0.6) is 6.01 Å². The summed E-state index contributed by atoms with van der Waals surface area (Å²) in [7, 11) is 0. The Kier molecular flexibility index (Phi) is 4.10. The second kappa shape index (κ2) is 8.70. The summed E-state index contributed by atoms with van der Waals surface area (Å²) in [6, 6.07) is 18.4. The first-order chi connectivity index (χ1) is 18.4. The minimum Gasteiger partial charge on any atom is -0.478 e. The number of H-pyrrole nitrogens is 1. The summed E-state index contributed by atoms with van der Waals surface area (Å²) in [5, 5.41) is 13.5. The fourth-order valence-electron chi connectivity index (χ4n) is 3.87. The van der Waals surface area contributed by atoms with Crippen molar-refractivity contribution in [3.63, 3.8) is 0 Å². The van der Waals surface area contributed by atoms with Crippen LogP contribution in [0.4, 0.5) is 0 Å². The molecule has 34 heavy (non-hydrogen) atoms. The van der Waals surface area contributed by atoms with Gasteiger partial charge in [0.05, 0.1) is 32.4 Å². The molecular weight excluding hydrogens is 436 g/mol. The van der Waals surface area contributed by atoms with Gasteiger partial charge in [-0.25, -0.2) is 9.59 Å². The Morgan fingerprint density at radius 3 is 2.65 bits per heavy atom. The number of carboxylic acid groups (broad SMARTS) is 1. The van der Waals surface area contributed by atoms with Gasteiger partial charge in [-0.05, 0) is 35.7 Å². The average molecular weight is 461 g/mol. The number of rotatable bonds is 7. The number of carboxylic acids is 1. The minimum atomic E-state index is -3.12. The van der Waals surface area contributed by atoms with Crippen LogP contribution in [0.2, 0.25) is 0 Å². The van der Waals surface area contributed by atoms with Crippen molar-refractivity contribution in [3.05, 3.63) is 88.4 Å². The summed E-state index contributed by atoms with van der Waals surface area (Å²) >= 11 is 0. The predicted molar refractivity (Wildman–Crippen MR) is 125 cm³/mol. The molecule has 3 aromatic carbocycles. The highest BCUT2D eigenvalue weighted by molar-refractivity contribution is 6.01. The standard InChI is InChI=1S/C25H20N4O5/c1-2-33-24-26-20-9-5-8-19(23(30)31)21(20)29(24)14-15-10-12-16(13-11-15)17-6-3-4-7-18(17)22-27-25(32)34-28-22/h3-13H,2,14H2,1H3,(H,30,31)(H,27,28,32)/i1D3,2D2. The molecule has 0 aliphatic rings. The number of aromatic carboxylic acids is 1. The molecule has 5 rings (SSSR count). The third-order valence-corrected chi connectivity index (χ3v) is 5.33. The molecule has 0 spiro atoms. The van der Waals surface area contributed by atoms with Crippen LogP contribution in [0.15, 0.2) is 76.0 Å². The van der Waals surface area contributed by atoms with Crippen molar-refractivity contribution in [1.29, 1.82) is 0 Å². The van der Waals surface area contributed by atoms with Crippen molar-refractivity contribution in [2.24, 2.45) is 0 Å². The van der Waals surface area contributed by atoms with E-state index in [0.717, 1.165) is 11.1 Å². The normalized spacial score (nSPS) is 14.1. The van der Waals surface area contributed by atoms with Gasteiger partial charge < -0.3 is 9.84 Å². The van der Waals surface area contributed by atoms with Gasteiger partial charge in [-0.2, -0.15) is 4.98 Å². The maximum atomic E-state index is 11.9. The number of imidazole rings is 1. The summed E-state index contributed by atoms with van der Waals surface area (Å²) in [4.78, 5) is 30.1. The summed E-state index contributed by atoms with van der Waals surface area (Å²) in [5.74, 6) is -1.63. The van der Waals surface area contributed by atoms with Gasteiger partial charge in [0, 0.05) is 9.68 Å². The van der Waals surface area contributed by atoms with E-state index in [1.54, 1.807) is 24.3 Å².